The van der Waals surface area contributed by atoms with E-state index in [0.29, 0.717) is 0 Å². The second-order valence-corrected chi connectivity index (χ2v) is 5.03. The van der Waals surface area contributed by atoms with E-state index in [0.717, 1.165) is 11.6 Å². The van der Waals surface area contributed by atoms with E-state index in [1.807, 2.05) is 0 Å². The lowest BCUT2D eigenvalue weighted by Crippen LogP contribution is -2.18. The van der Waals surface area contributed by atoms with E-state index in [9.17, 15) is 18.0 Å². The van der Waals surface area contributed by atoms with E-state index in [4.69, 9.17) is 4.74 Å². The number of carbonyl (C=O) groups is 1. The molecular weight excluding hydrogens is 365 g/mol. The average Bonchev–Trinajstić information content (AvgIpc) is 2.47. The molecule has 0 unspecified atom stereocenters. The van der Waals surface area contributed by atoms with E-state index in [2.05, 4.69) is 26.2 Å². The second kappa shape index (κ2) is 6.78. The number of amides is 1. The Morgan fingerprint density at radius 1 is 1.18 bits per heavy atom. The minimum absolute atomic E-state index is 0.0167. The molecule has 22 heavy (non-hydrogen) atoms. The number of nitrogens with zero attached hydrogens (tertiary/aromatic N) is 1. The molecule has 1 aromatic carbocycles. The van der Waals surface area contributed by atoms with Crippen molar-refractivity contribution in [2.45, 2.75) is 12.8 Å². The molecule has 8 heteroatoms. The summed E-state index contributed by atoms with van der Waals surface area (Å²) in [5.74, 6) is 0. The largest absolute Gasteiger partial charge is 0.444 e. The number of hydrogen-bond acceptors (Lipinski definition) is 3. The Morgan fingerprint density at radius 3 is 2.50 bits per heavy atom. The molecule has 0 radical (unpaired) electrons. The van der Waals surface area contributed by atoms with E-state index >= 15 is 0 Å². The Morgan fingerprint density at radius 2 is 1.86 bits per heavy atom. The first-order valence-corrected chi connectivity index (χ1v) is 6.87. The molecule has 0 saturated heterocycles. The number of pyridine rings is 1. The van der Waals surface area contributed by atoms with Crippen molar-refractivity contribution < 1.29 is 22.7 Å². The molecule has 1 aromatic heterocycles. The summed E-state index contributed by atoms with van der Waals surface area (Å²) in [6.07, 6.45) is -5.68. The first-order valence-electron chi connectivity index (χ1n) is 6.07. The zero-order valence-corrected chi connectivity index (χ0v) is 12.6. The molecule has 0 aliphatic heterocycles. The van der Waals surface area contributed by atoms with Gasteiger partial charge < -0.3 is 4.74 Å². The van der Waals surface area contributed by atoms with Crippen molar-refractivity contribution in [1.29, 1.82) is 0 Å². The van der Waals surface area contributed by atoms with Crippen LogP contribution in [0, 0.1) is 0 Å². The summed E-state index contributed by atoms with van der Waals surface area (Å²) in [4.78, 5) is 14.9. The molecule has 0 bridgehead atoms. The Labute approximate surface area is 132 Å². The molecule has 0 spiro atoms. The van der Waals surface area contributed by atoms with Crippen molar-refractivity contribution in [3.05, 3.63) is 58.3 Å². The number of hydrogen-bond donors (Lipinski definition) is 1. The standard InChI is InChI=1S/C14H10BrF3N2O2/c15-11-7-6-10(12(20-11)14(16,17)18)19-13(21)22-8-9-4-2-1-3-5-9/h1-7H,8H2,(H,19,21). The lowest BCUT2D eigenvalue weighted by molar-refractivity contribution is -0.140. The number of carbonyl (C=O) groups excluding carboxylic acids is 1. The molecule has 4 nitrogen and oxygen atoms in total. The summed E-state index contributed by atoms with van der Waals surface area (Å²) in [5, 5.41) is 2.05. The van der Waals surface area contributed by atoms with Crippen LogP contribution in [0.4, 0.5) is 23.7 Å². The van der Waals surface area contributed by atoms with Gasteiger partial charge in [-0.15, -0.1) is 0 Å². The summed E-state index contributed by atoms with van der Waals surface area (Å²) in [7, 11) is 0. The van der Waals surface area contributed by atoms with E-state index < -0.39 is 23.7 Å². The Kier molecular flexibility index (Phi) is 5.02. The fourth-order valence-electron chi connectivity index (χ4n) is 1.62. The number of rotatable bonds is 3. The predicted molar refractivity (Wildman–Crippen MR) is 77.2 cm³/mol. The number of halogens is 4. The van der Waals surface area contributed by atoms with Gasteiger partial charge in [0.1, 0.15) is 11.2 Å². The number of alkyl halides is 3. The van der Waals surface area contributed by atoms with Gasteiger partial charge >= 0.3 is 12.3 Å². The highest BCUT2D eigenvalue weighted by Crippen LogP contribution is 2.34. The molecule has 116 valence electrons. The van der Waals surface area contributed by atoms with Crippen LogP contribution in [-0.2, 0) is 17.5 Å². The van der Waals surface area contributed by atoms with Crippen molar-refractivity contribution in [3.8, 4) is 0 Å². The van der Waals surface area contributed by atoms with Crippen LogP contribution in [0.15, 0.2) is 47.1 Å². The third kappa shape index (κ3) is 4.45. The van der Waals surface area contributed by atoms with Crippen LogP contribution in [0.25, 0.3) is 0 Å². The van der Waals surface area contributed by atoms with Gasteiger partial charge in [0.15, 0.2) is 5.69 Å². The Hall–Kier alpha value is -2.09. The van der Waals surface area contributed by atoms with Crippen molar-refractivity contribution in [2.24, 2.45) is 0 Å². The lowest BCUT2D eigenvalue weighted by Gasteiger charge is -2.13. The van der Waals surface area contributed by atoms with Crippen molar-refractivity contribution in [1.82, 2.24) is 4.98 Å². The second-order valence-electron chi connectivity index (χ2n) is 4.21. The van der Waals surface area contributed by atoms with Crippen molar-refractivity contribution in [3.63, 3.8) is 0 Å². The summed E-state index contributed by atoms with van der Waals surface area (Å²) in [6, 6.07) is 11.2. The lowest BCUT2D eigenvalue weighted by atomic mass is 10.2. The van der Waals surface area contributed by atoms with Crippen LogP contribution in [0.1, 0.15) is 11.3 Å². The summed E-state index contributed by atoms with van der Waals surface area (Å²) in [5.41, 5.74) is -0.935. The highest BCUT2D eigenvalue weighted by Gasteiger charge is 2.36. The van der Waals surface area contributed by atoms with Gasteiger partial charge in [-0.25, -0.2) is 9.78 Å². The SMILES string of the molecule is O=C(Nc1ccc(Br)nc1C(F)(F)F)OCc1ccccc1. The van der Waals surface area contributed by atoms with Gasteiger partial charge in [0, 0.05) is 0 Å². The number of ether oxygens (including phenoxy) is 1. The molecule has 0 fully saturated rings. The Balaban J connectivity index is 2.06. The maximum absolute atomic E-state index is 12.9. The van der Waals surface area contributed by atoms with Crippen LogP contribution in [-0.4, -0.2) is 11.1 Å². The minimum atomic E-state index is -4.69. The molecule has 2 rings (SSSR count). The summed E-state index contributed by atoms with van der Waals surface area (Å²) < 4.78 is 43.5. The minimum Gasteiger partial charge on any atom is -0.444 e. The number of benzene rings is 1. The molecule has 0 aliphatic rings. The highest BCUT2D eigenvalue weighted by molar-refractivity contribution is 9.10. The molecule has 0 aliphatic carbocycles. The van der Waals surface area contributed by atoms with Gasteiger partial charge in [0.25, 0.3) is 0 Å². The summed E-state index contributed by atoms with van der Waals surface area (Å²) >= 11 is 2.86. The van der Waals surface area contributed by atoms with Gasteiger partial charge in [-0.3, -0.25) is 5.32 Å². The molecular formula is C14H10BrF3N2O2. The third-order valence-corrected chi connectivity index (χ3v) is 3.02. The van der Waals surface area contributed by atoms with Gasteiger partial charge in [-0.1, -0.05) is 30.3 Å². The molecule has 2 aromatic rings. The molecule has 1 amide bonds. The average molecular weight is 375 g/mol. The van der Waals surface area contributed by atoms with Crippen molar-refractivity contribution >= 4 is 27.7 Å². The number of nitrogens with one attached hydrogen (secondary N) is 1. The molecule has 1 N–H and O–H groups in total. The first-order chi connectivity index (χ1) is 10.4. The van der Waals surface area contributed by atoms with Gasteiger partial charge in [-0.05, 0) is 33.6 Å². The smallest absolute Gasteiger partial charge is 0.435 e. The van der Waals surface area contributed by atoms with E-state index in [1.165, 1.54) is 6.07 Å². The van der Waals surface area contributed by atoms with Gasteiger partial charge in [0.2, 0.25) is 0 Å². The zero-order valence-electron chi connectivity index (χ0n) is 11.0. The van der Waals surface area contributed by atoms with Crippen LogP contribution < -0.4 is 5.32 Å². The normalized spacial score (nSPS) is 11.1. The fraction of sp³-hybridized carbons (Fsp3) is 0.143. The van der Waals surface area contributed by atoms with Crippen LogP contribution >= 0.6 is 15.9 Å². The monoisotopic (exact) mass is 374 g/mol. The predicted octanol–water partition coefficient (Wildman–Crippen LogP) is 4.61. The van der Waals surface area contributed by atoms with Crippen LogP contribution in [0.5, 0.6) is 0 Å². The fourth-order valence-corrected chi connectivity index (χ4v) is 1.93. The number of anilines is 1. The first kappa shape index (κ1) is 16.3. The van der Waals surface area contributed by atoms with Crippen LogP contribution in [0.3, 0.4) is 0 Å². The third-order valence-electron chi connectivity index (χ3n) is 2.58. The van der Waals surface area contributed by atoms with Gasteiger partial charge in [-0.2, -0.15) is 13.2 Å². The zero-order chi connectivity index (χ0) is 16.2. The Bertz CT molecular complexity index is 663. The molecule has 0 saturated carbocycles. The quantitative estimate of drug-likeness (QED) is 0.798. The molecule has 1 heterocycles. The topological polar surface area (TPSA) is 51.2 Å². The van der Waals surface area contributed by atoms with Gasteiger partial charge in [0.05, 0.1) is 5.69 Å². The summed E-state index contributed by atoms with van der Waals surface area (Å²) in [6.45, 7) is -0.0437. The molecule has 0 atom stereocenters. The van der Waals surface area contributed by atoms with Crippen molar-refractivity contribution in [2.75, 3.05) is 5.32 Å². The van der Waals surface area contributed by atoms with E-state index in [-0.39, 0.29) is 11.2 Å². The maximum Gasteiger partial charge on any atom is 0.435 e. The van der Waals surface area contributed by atoms with E-state index in [1.54, 1.807) is 30.3 Å². The number of aromatic nitrogens is 1. The highest BCUT2D eigenvalue weighted by atomic mass is 79.9. The van der Waals surface area contributed by atoms with Crippen LogP contribution in [0.2, 0.25) is 0 Å². The maximum atomic E-state index is 12.9.